The molecule has 2 aliphatic carbocycles. The third kappa shape index (κ3) is 6.99. The number of hydrogen-bond donors (Lipinski definition) is 2. The first-order valence-electron chi connectivity index (χ1n) is 17.8. The third-order valence-electron chi connectivity index (χ3n) is 10.6. The lowest BCUT2D eigenvalue weighted by atomic mass is 10.0. The van der Waals surface area contributed by atoms with Gasteiger partial charge in [0.05, 0.1) is 19.2 Å². The lowest BCUT2D eigenvalue weighted by molar-refractivity contribution is -0.148. The lowest BCUT2D eigenvalue weighted by Crippen LogP contribution is -2.56. The van der Waals surface area contributed by atoms with E-state index in [1.807, 2.05) is 35.3 Å². The molecule has 2 N–H and O–H groups in total. The molecule has 14 heteroatoms. The molecule has 0 aromatic carbocycles. The van der Waals surface area contributed by atoms with Crippen LogP contribution >= 0.6 is 11.3 Å². The first kappa shape index (κ1) is 34.1. The molecule has 2 aliphatic heterocycles. The predicted octanol–water partition coefficient (Wildman–Crippen LogP) is 4.07. The number of nitrogens with zero attached hydrogens (tertiary/aromatic N) is 5. The topological polar surface area (TPSA) is 158 Å². The molecule has 2 saturated carbocycles. The van der Waals surface area contributed by atoms with Crippen molar-refractivity contribution in [2.45, 2.75) is 101 Å². The molecular formula is C36H45N7O6S. The van der Waals surface area contributed by atoms with E-state index < -0.39 is 35.6 Å². The largest absolute Gasteiger partial charge is 0.471 e. The summed E-state index contributed by atoms with van der Waals surface area (Å²) in [5, 5.41) is 7.97. The summed E-state index contributed by atoms with van der Waals surface area (Å²) >= 11 is 1.45. The summed E-state index contributed by atoms with van der Waals surface area (Å²) in [5.74, 6) is 0.0689. The molecule has 266 valence electrons. The zero-order chi connectivity index (χ0) is 34.8. The fourth-order valence-electron chi connectivity index (χ4n) is 7.80. The Morgan fingerprint density at radius 3 is 2.72 bits per heavy atom. The van der Waals surface area contributed by atoms with Crippen molar-refractivity contribution < 1.29 is 28.7 Å². The van der Waals surface area contributed by atoms with Gasteiger partial charge in [0.2, 0.25) is 23.6 Å². The molecular weight excluding hydrogens is 659 g/mol. The van der Waals surface area contributed by atoms with Gasteiger partial charge in [-0.25, -0.2) is 14.8 Å². The number of carbonyl (C=O) groups is 4. The zero-order valence-electron chi connectivity index (χ0n) is 28.6. The normalized spacial score (nSPS) is 28.2. The van der Waals surface area contributed by atoms with E-state index in [0.717, 1.165) is 56.1 Å². The van der Waals surface area contributed by atoms with E-state index in [2.05, 4.69) is 21.7 Å². The number of thiophene rings is 1. The summed E-state index contributed by atoms with van der Waals surface area (Å²) in [6.07, 6.45) is 16.1. The Hall–Kier alpha value is -4.33. The van der Waals surface area contributed by atoms with Gasteiger partial charge in [-0.05, 0) is 55.9 Å². The first-order valence-corrected chi connectivity index (χ1v) is 18.7. The van der Waals surface area contributed by atoms with Gasteiger partial charge in [-0.15, -0.1) is 11.3 Å². The van der Waals surface area contributed by atoms with Crippen molar-refractivity contribution in [1.82, 2.24) is 35.1 Å². The number of hydrogen-bond acceptors (Lipinski definition) is 10. The number of allylic oxidation sites excluding steroid dienone is 1. The average molecular weight is 704 g/mol. The van der Waals surface area contributed by atoms with E-state index >= 15 is 0 Å². The number of amides is 3. The first-order chi connectivity index (χ1) is 24.3. The summed E-state index contributed by atoms with van der Waals surface area (Å²) in [6.45, 7) is 0.106. The highest BCUT2D eigenvalue weighted by atomic mass is 32.1. The van der Waals surface area contributed by atoms with Crippen LogP contribution in [0.1, 0.15) is 77.0 Å². The van der Waals surface area contributed by atoms with Crippen LogP contribution in [0, 0.1) is 11.8 Å². The van der Waals surface area contributed by atoms with Gasteiger partial charge in [0, 0.05) is 38.2 Å². The van der Waals surface area contributed by atoms with Gasteiger partial charge in [-0.3, -0.25) is 14.4 Å². The van der Waals surface area contributed by atoms with Crippen molar-refractivity contribution in [3.63, 3.8) is 0 Å². The molecule has 0 unspecified atom stereocenters. The molecule has 3 fully saturated rings. The van der Waals surface area contributed by atoms with Crippen LogP contribution in [-0.4, -0.2) is 85.5 Å². The molecule has 0 radical (unpaired) electrons. The number of esters is 1. The van der Waals surface area contributed by atoms with Crippen LogP contribution in [0.3, 0.4) is 0 Å². The second-order valence-electron chi connectivity index (χ2n) is 14.1. The zero-order valence-corrected chi connectivity index (χ0v) is 29.5. The Kier molecular flexibility index (Phi) is 9.89. The Bertz CT molecular complexity index is 1780. The summed E-state index contributed by atoms with van der Waals surface area (Å²) in [7, 11) is 3.18. The summed E-state index contributed by atoms with van der Waals surface area (Å²) in [5.41, 5.74) is -0.477. The molecule has 0 spiro atoms. The van der Waals surface area contributed by atoms with Crippen molar-refractivity contribution in [1.29, 1.82) is 0 Å². The number of methoxy groups -OCH3 is 1. The molecule has 7 rings (SSSR count). The van der Waals surface area contributed by atoms with E-state index in [1.54, 1.807) is 6.20 Å². The number of imidazole rings is 1. The van der Waals surface area contributed by atoms with Gasteiger partial charge < -0.3 is 29.6 Å². The molecule has 13 nitrogen and oxygen atoms in total. The van der Waals surface area contributed by atoms with Gasteiger partial charge >= 0.3 is 5.97 Å². The number of nitrogens with one attached hydrogen (secondary N) is 2. The fourth-order valence-corrected chi connectivity index (χ4v) is 8.56. The summed E-state index contributed by atoms with van der Waals surface area (Å²) < 4.78 is 14.3. The van der Waals surface area contributed by atoms with Crippen molar-refractivity contribution in [2.24, 2.45) is 18.9 Å². The Balaban J connectivity index is 1.18. The van der Waals surface area contributed by atoms with E-state index in [-0.39, 0.29) is 30.7 Å². The van der Waals surface area contributed by atoms with Gasteiger partial charge in [-0.2, -0.15) is 4.98 Å². The van der Waals surface area contributed by atoms with E-state index in [4.69, 9.17) is 19.4 Å². The van der Waals surface area contributed by atoms with Crippen LogP contribution in [0.4, 0.5) is 0 Å². The van der Waals surface area contributed by atoms with Crippen molar-refractivity contribution in [2.75, 3.05) is 13.7 Å². The highest BCUT2D eigenvalue weighted by Gasteiger charge is 2.62. The molecule has 5 atom stereocenters. The third-order valence-corrected chi connectivity index (χ3v) is 11.5. The van der Waals surface area contributed by atoms with Gasteiger partial charge in [0.15, 0.2) is 11.6 Å². The Labute approximate surface area is 295 Å². The average Bonchev–Trinajstić information content (AvgIpc) is 3.71. The minimum atomic E-state index is -1.18. The molecule has 5 heterocycles. The van der Waals surface area contributed by atoms with Crippen molar-refractivity contribution in [3.05, 3.63) is 36.0 Å². The maximum absolute atomic E-state index is 14.5. The van der Waals surface area contributed by atoms with Crippen molar-refractivity contribution >= 4 is 45.2 Å². The number of aryl methyl sites for hydroxylation is 1. The summed E-state index contributed by atoms with van der Waals surface area (Å²) in [6, 6.07) is 0.176. The standard InChI is InChI=1S/C36H45N7O6S/c1-42-16-15-37-31(42)30-39-25-14-17-50-29(25)33(40-30)49-24-19-27-32(45)41-36(35(47)48-2)20-23(36)12-6-4-3-5-7-13-26(34(46)43(27)21-24)38-28(44)18-22-10-8-9-11-22/h6,12,14-17,22-24,26-27H,3-5,7-11,13,18-21H2,1-2H3,(H,38,44)(H,41,45)/b12-6-/t23-,24-,26+,27+,36-/m1/s1. The maximum atomic E-state index is 14.5. The number of ether oxygens (including phenoxy) is 2. The van der Waals surface area contributed by atoms with Crippen LogP contribution in [0.2, 0.25) is 0 Å². The van der Waals surface area contributed by atoms with Gasteiger partial charge in [0.1, 0.15) is 28.4 Å². The SMILES string of the molecule is COC(=O)[C@@]12C[C@H]1/C=C\CCCCC[C@H](NC(=O)CC1CCCC1)C(=O)N1C[C@H](Oc3nc(-c4nccn4C)nc4ccsc34)C[C@H]1C(=O)N2. The van der Waals surface area contributed by atoms with E-state index in [0.29, 0.717) is 48.2 Å². The van der Waals surface area contributed by atoms with Crippen LogP contribution in [0.5, 0.6) is 5.88 Å². The van der Waals surface area contributed by atoms with Crippen LogP contribution in [0.25, 0.3) is 21.9 Å². The van der Waals surface area contributed by atoms with Crippen LogP contribution in [-0.2, 0) is 31.0 Å². The number of carbonyl (C=O) groups excluding carboxylic acids is 4. The quantitative estimate of drug-likeness (QED) is 0.273. The maximum Gasteiger partial charge on any atom is 0.332 e. The van der Waals surface area contributed by atoms with Crippen LogP contribution < -0.4 is 15.4 Å². The fraction of sp³-hybridized carbons (Fsp3) is 0.583. The lowest BCUT2D eigenvalue weighted by Gasteiger charge is -2.30. The molecule has 3 aromatic rings. The minimum absolute atomic E-state index is 0.106. The number of aromatic nitrogens is 4. The molecule has 3 aromatic heterocycles. The second kappa shape index (κ2) is 14.5. The smallest absolute Gasteiger partial charge is 0.332 e. The predicted molar refractivity (Wildman–Crippen MR) is 186 cm³/mol. The molecule has 1 saturated heterocycles. The molecule has 0 bridgehead atoms. The molecule has 50 heavy (non-hydrogen) atoms. The highest BCUT2D eigenvalue weighted by Crippen LogP contribution is 2.46. The van der Waals surface area contributed by atoms with E-state index in [9.17, 15) is 19.2 Å². The second-order valence-corrected chi connectivity index (χ2v) is 15.1. The van der Waals surface area contributed by atoms with Crippen LogP contribution in [0.15, 0.2) is 36.0 Å². The van der Waals surface area contributed by atoms with Gasteiger partial charge in [-0.1, -0.05) is 37.8 Å². The number of fused-ring (bicyclic) bond motifs is 3. The number of rotatable bonds is 7. The Morgan fingerprint density at radius 1 is 1.12 bits per heavy atom. The summed E-state index contributed by atoms with van der Waals surface area (Å²) in [4.78, 5) is 70.4. The monoisotopic (exact) mass is 703 g/mol. The van der Waals surface area contributed by atoms with E-state index in [1.165, 1.54) is 23.3 Å². The molecule has 3 amide bonds. The Morgan fingerprint density at radius 2 is 1.94 bits per heavy atom. The minimum Gasteiger partial charge on any atom is -0.471 e. The molecule has 4 aliphatic rings. The van der Waals surface area contributed by atoms with Crippen molar-refractivity contribution in [3.8, 4) is 17.5 Å². The van der Waals surface area contributed by atoms with Gasteiger partial charge in [0.25, 0.3) is 0 Å². The highest BCUT2D eigenvalue weighted by molar-refractivity contribution is 7.17.